The van der Waals surface area contributed by atoms with Gasteiger partial charge in [-0.25, -0.2) is 4.79 Å². The third kappa shape index (κ3) is 5.09. The molecule has 0 aliphatic rings. The first kappa shape index (κ1) is 18.0. The van der Waals surface area contributed by atoms with Crippen molar-refractivity contribution in [3.63, 3.8) is 0 Å². The van der Waals surface area contributed by atoms with E-state index < -0.39 is 5.60 Å². The van der Waals surface area contributed by atoms with Gasteiger partial charge in [-0.1, -0.05) is 37.3 Å². The summed E-state index contributed by atoms with van der Waals surface area (Å²) in [6, 6.07) is 9.84. The topological polar surface area (TPSA) is 79.2 Å². The maximum atomic E-state index is 12.1. The minimum absolute atomic E-state index is 0.0516. The van der Waals surface area contributed by atoms with Crippen LogP contribution in [0.2, 0.25) is 0 Å². The summed E-state index contributed by atoms with van der Waals surface area (Å²) in [5.74, 6) is 0. The third-order valence-electron chi connectivity index (χ3n) is 4.07. The van der Waals surface area contributed by atoms with Crippen molar-refractivity contribution >= 4 is 6.03 Å². The lowest BCUT2D eigenvalue weighted by Gasteiger charge is -2.24. The molecule has 0 saturated carbocycles. The Labute approximate surface area is 142 Å². The predicted molar refractivity (Wildman–Crippen MR) is 93.5 cm³/mol. The molecule has 0 fully saturated rings. The van der Waals surface area contributed by atoms with E-state index in [1.54, 1.807) is 31.0 Å². The first-order valence-corrected chi connectivity index (χ1v) is 8.20. The van der Waals surface area contributed by atoms with E-state index in [9.17, 15) is 9.90 Å². The smallest absolute Gasteiger partial charge is 0.315 e. The Bertz CT molecular complexity index is 652. The normalized spacial score (nSPS) is 14.7. The average molecular weight is 330 g/mol. The molecule has 1 aromatic heterocycles. The fraction of sp³-hybridized carbons (Fsp3) is 0.444. The molecule has 2 unspecified atom stereocenters. The second kappa shape index (κ2) is 7.97. The molecule has 0 aliphatic carbocycles. The molecule has 6 nitrogen and oxygen atoms in total. The molecule has 0 radical (unpaired) electrons. The number of aliphatic hydroxyl groups is 1. The molecular weight excluding hydrogens is 304 g/mol. The number of carbonyl (C=O) groups excluding carboxylic acids is 1. The fourth-order valence-corrected chi connectivity index (χ4v) is 2.49. The zero-order chi connectivity index (χ0) is 17.6. The molecule has 0 saturated heterocycles. The van der Waals surface area contributed by atoms with Gasteiger partial charge >= 0.3 is 6.03 Å². The zero-order valence-electron chi connectivity index (χ0n) is 14.5. The second-order valence-corrected chi connectivity index (χ2v) is 6.30. The summed E-state index contributed by atoms with van der Waals surface area (Å²) in [5, 5.41) is 20.2. The molecule has 2 aromatic rings. The van der Waals surface area contributed by atoms with Crippen LogP contribution >= 0.6 is 0 Å². The lowest BCUT2D eigenvalue weighted by molar-refractivity contribution is 0.0592. The van der Waals surface area contributed by atoms with Crippen LogP contribution < -0.4 is 10.6 Å². The number of nitrogens with zero attached hydrogens (tertiary/aromatic N) is 2. The van der Waals surface area contributed by atoms with Crippen LogP contribution in [0.5, 0.6) is 0 Å². The van der Waals surface area contributed by atoms with Crippen molar-refractivity contribution in [3.05, 3.63) is 53.9 Å². The first-order valence-electron chi connectivity index (χ1n) is 8.20. The van der Waals surface area contributed by atoms with Crippen LogP contribution in [0, 0.1) is 0 Å². The number of benzene rings is 1. The van der Waals surface area contributed by atoms with E-state index in [2.05, 4.69) is 27.9 Å². The molecular formula is C18H26N4O2. The Morgan fingerprint density at radius 2 is 2.08 bits per heavy atom. The number of carbonyl (C=O) groups is 1. The van der Waals surface area contributed by atoms with E-state index >= 15 is 0 Å². The van der Waals surface area contributed by atoms with Gasteiger partial charge in [0.15, 0.2) is 0 Å². The molecule has 1 heterocycles. The summed E-state index contributed by atoms with van der Waals surface area (Å²) in [6.45, 7) is 3.82. The van der Waals surface area contributed by atoms with Gasteiger partial charge in [-0.3, -0.25) is 4.68 Å². The number of hydrogen-bond donors (Lipinski definition) is 3. The maximum absolute atomic E-state index is 12.1. The summed E-state index contributed by atoms with van der Waals surface area (Å²) in [4.78, 5) is 12.1. The Kier molecular flexibility index (Phi) is 5.98. The zero-order valence-corrected chi connectivity index (χ0v) is 14.5. The summed E-state index contributed by atoms with van der Waals surface area (Å²) in [6.07, 6.45) is 4.96. The maximum Gasteiger partial charge on any atom is 0.315 e. The number of aromatic nitrogens is 2. The number of nitrogens with one attached hydrogen (secondary N) is 2. The Morgan fingerprint density at radius 3 is 2.67 bits per heavy atom. The second-order valence-electron chi connectivity index (χ2n) is 6.30. The number of hydrogen-bond acceptors (Lipinski definition) is 3. The average Bonchev–Trinajstić information content (AvgIpc) is 3.01. The molecule has 0 spiro atoms. The molecule has 6 heteroatoms. The molecule has 1 aromatic carbocycles. The quantitative estimate of drug-likeness (QED) is 0.726. The SMILES string of the molecule is CCC(Cc1ccccc1)NC(=O)NCC(C)(O)c1cnn(C)c1. The summed E-state index contributed by atoms with van der Waals surface area (Å²) >= 11 is 0. The summed E-state index contributed by atoms with van der Waals surface area (Å²) in [5.41, 5.74) is 0.695. The van der Waals surface area contributed by atoms with Crippen LogP contribution in [0.1, 0.15) is 31.4 Å². The number of urea groups is 1. The summed E-state index contributed by atoms with van der Waals surface area (Å²) < 4.78 is 1.62. The van der Waals surface area contributed by atoms with Gasteiger partial charge in [0.1, 0.15) is 5.60 Å². The van der Waals surface area contributed by atoms with Crippen LogP contribution in [-0.4, -0.2) is 33.5 Å². The highest BCUT2D eigenvalue weighted by atomic mass is 16.3. The van der Waals surface area contributed by atoms with E-state index in [1.165, 1.54) is 5.56 Å². The van der Waals surface area contributed by atoms with Crippen molar-refractivity contribution in [1.29, 1.82) is 0 Å². The summed E-state index contributed by atoms with van der Waals surface area (Å²) in [7, 11) is 1.79. The molecule has 24 heavy (non-hydrogen) atoms. The van der Waals surface area contributed by atoms with Gasteiger partial charge in [-0.2, -0.15) is 5.10 Å². The molecule has 2 rings (SSSR count). The molecule has 0 bridgehead atoms. The minimum Gasteiger partial charge on any atom is -0.383 e. The van der Waals surface area contributed by atoms with Crippen molar-refractivity contribution in [3.8, 4) is 0 Å². The highest BCUT2D eigenvalue weighted by molar-refractivity contribution is 5.74. The van der Waals surface area contributed by atoms with E-state index in [0.29, 0.717) is 5.56 Å². The molecule has 130 valence electrons. The number of amides is 2. The van der Waals surface area contributed by atoms with Gasteiger partial charge in [-0.05, 0) is 25.3 Å². The number of aryl methyl sites for hydroxylation is 1. The van der Waals surface area contributed by atoms with Crippen LogP contribution in [-0.2, 0) is 19.1 Å². The largest absolute Gasteiger partial charge is 0.383 e. The van der Waals surface area contributed by atoms with Gasteiger partial charge in [0.2, 0.25) is 0 Å². The van der Waals surface area contributed by atoms with Crippen molar-refractivity contribution in [1.82, 2.24) is 20.4 Å². The van der Waals surface area contributed by atoms with E-state index in [4.69, 9.17) is 0 Å². The van der Waals surface area contributed by atoms with Crippen molar-refractivity contribution in [2.75, 3.05) is 6.54 Å². The molecule has 0 aliphatic heterocycles. The van der Waals surface area contributed by atoms with Crippen molar-refractivity contribution < 1.29 is 9.90 Å². The van der Waals surface area contributed by atoms with Gasteiger partial charge < -0.3 is 15.7 Å². The highest BCUT2D eigenvalue weighted by Crippen LogP contribution is 2.18. The van der Waals surface area contributed by atoms with Crippen LogP contribution in [0.3, 0.4) is 0 Å². The van der Waals surface area contributed by atoms with Crippen molar-refractivity contribution in [2.45, 2.75) is 38.3 Å². The Hall–Kier alpha value is -2.34. The van der Waals surface area contributed by atoms with E-state index in [0.717, 1.165) is 12.8 Å². The van der Waals surface area contributed by atoms with Crippen molar-refractivity contribution in [2.24, 2.45) is 7.05 Å². The predicted octanol–water partition coefficient (Wildman–Crippen LogP) is 1.95. The van der Waals surface area contributed by atoms with E-state index in [-0.39, 0.29) is 18.6 Å². The van der Waals surface area contributed by atoms with Gasteiger partial charge in [0.25, 0.3) is 0 Å². The molecule has 2 atom stereocenters. The van der Waals surface area contributed by atoms with Crippen LogP contribution in [0.15, 0.2) is 42.7 Å². The molecule has 3 N–H and O–H groups in total. The Balaban J connectivity index is 1.85. The lowest BCUT2D eigenvalue weighted by atomic mass is 10.00. The van der Waals surface area contributed by atoms with E-state index in [1.807, 2.05) is 25.1 Å². The fourth-order valence-electron chi connectivity index (χ4n) is 2.49. The van der Waals surface area contributed by atoms with Crippen LogP contribution in [0.25, 0.3) is 0 Å². The molecule has 2 amide bonds. The minimum atomic E-state index is -1.16. The lowest BCUT2D eigenvalue weighted by Crippen LogP contribution is -2.47. The standard InChI is InChI=1S/C18H26N4O2/c1-4-16(10-14-8-6-5-7-9-14)21-17(23)19-13-18(2,24)15-11-20-22(3)12-15/h5-9,11-12,16,24H,4,10,13H2,1-3H3,(H2,19,21,23). The van der Waals surface area contributed by atoms with Crippen LogP contribution in [0.4, 0.5) is 4.79 Å². The first-order chi connectivity index (χ1) is 11.4. The third-order valence-corrected chi connectivity index (χ3v) is 4.07. The highest BCUT2D eigenvalue weighted by Gasteiger charge is 2.25. The van der Waals surface area contributed by atoms with Gasteiger partial charge in [0, 0.05) is 24.8 Å². The van der Waals surface area contributed by atoms with Gasteiger partial charge in [0.05, 0.1) is 12.7 Å². The van der Waals surface area contributed by atoms with Gasteiger partial charge in [-0.15, -0.1) is 0 Å². The Morgan fingerprint density at radius 1 is 1.38 bits per heavy atom. The number of rotatable bonds is 7. The monoisotopic (exact) mass is 330 g/mol.